The Balaban J connectivity index is 1.57. The predicted octanol–water partition coefficient (Wildman–Crippen LogP) is 5.06. The van der Waals surface area contributed by atoms with Crippen LogP contribution in [0.1, 0.15) is 90.9 Å². The van der Waals surface area contributed by atoms with E-state index in [2.05, 4.69) is 24.4 Å². The van der Waals surface area contributed by atoms with Gasteiger partial charge in [-0.25, -0.2) is 5.43 Å². The summed E-state index contributed by atoms with van der Waals surface area (Å²) in [5.74, 6) is 2.91. The molecular formula is C20H34N2O. The number of carbonyl (C=O) groups excluding carboxylic acids is 1. The van der Waals surface area contributed by atoms with Crippen molar-refractivity contribution in [3.8, 4) is 0 Å². The van der Waals surface area contributed by atoms with Crippen LogP contribution in [0.4, 0.5) is 0 Å². The summed E-state index contributed by atoms with van der Waals surface area (Å²) >= 11 is 0. The molecule has 0 heterocycles. The first kappa shape index (κ1) is 17.0. The summed E-state index contributed by atoms with van der Waals surface area (Å²) in [5, 5.41) is 4.65. The molecule has 0 unspecified atom stereocenters. The van der Waals surface area contributed by atoms with Crippen LogP contribution < -0.4 is 5.43 Å². The van der Waals surface area contributed by atoms with Crippen LogP contribution in [0.2, 0.25) is 0 Å². The summed E-state index contributed by atoms with van der Waals surface area (Å²) in [6.07, 6.45) is 14.6. The summed E-state index contributed by atoms with van der Waals surface area (Å²) in [5.41, 5.74) is 4.51. The highest BCUT2D eigenvalue weighted by atomic mass is 16.2. The molecule has 1 amide bonds. The molecule has 0 atom stereocenters. The maximum Gasteiger partial charge on any atom is 0.240 e. The minimum atomic E-state index is 0.108. The molecule has 0 aromatic heterocycles. The van der Waals surface area contributed by atoms with Crippen LogP contribution in [0.5, 0.6) is 0 Å². The van der Waals surface area contributed by atoms with E-state index >= 15 is 0 Å². The topological polar surface area (TPSA) is 41.5 Å². The van der Waals surface area contributed by atoms with Gasteiger partial charge in [-0.1, -0.05) is 33.1 Å². The second kappa shape index (κ2) is 7.36. The van der Waals surface area contributed by atoms with E-state index in [1.807, 2.05) is 0 Å². The monoisotopic (exact) mass is 318 g/mol. The number of amides is 1. The highest BCUT2D eigenvalue weighted by molar-refractivity contribution is 5.91. The highest BCUT2D eigenvalue weighted by Crippen LogP contribution is 2.60. The zero-order valence-corrected chi connectivity index (χ0v) is 15.1. The Morgan fingerprint density at radius 3 is 2.13 bits per heavy atom. The standard InChI is InChI=1S/C20H34N2O/c1-3-5-6-7-8-19(23)22-21-18(4-2)20-12-15-9-16(13-20)11-17(10-15)14-20/h15-17H,3-14H2,1-2H3,(H,22,23). The molecular weight excluding hydrogens is 284 g/mol. The van der Waals surface area contributed by atoms with Gasteiger partial charge in [0.15, 0.2) is 0 Å². The van der Waals surface area contributed by atoms with E-state index in [0.717, 1.165) is 37.0 Å². The largest absolute Gasteiger partial charge is 0.273 e. The molecule has 4 aliphatic rings. The molecule has 0 aromatic carbocycles. The lowest BCUT2D eigenvalue weighted by Gasteiger charge is -2.57. The molecule has 4 bridgehead atoms. The molecule has 1 N–H and O–H groups in total. The van der Waals surface area contributed by atoms with Gasteiger partial charge in [-0.05, 0) is 69.1 Å². The fraction of sp³-hybridized carbons (Fsp3) is 0.900. The molecule has 0 aliphatic heterocycles. The lowest BCUT2D eigenvalue weighted by atomic mass is 9.48. The van der Waals surface area contributed by atoms with E-state index in [9.17, 15) is 4.79 Å². The van der Waals surface area contributed by atoms with Gasteiger partial charge in [0.2, 0.25) is 5.91 Å². The Morgan fingerprint density at radius 1 is 1.00 bits per heavy atom. The number of carbonyl (C=O) groups is 1. The van der Waals surface area contributed by atoms with Crippen molar-refractivity contribution < 1.29 is 4.79 Å². The van der Waals surface area contributed by atoms with Crippen molar-refractivity contribution in [2.45, 2.75) is 90.9 Å². The molecule has 23 heavy (non-hydrogen) atoms. The van der Waals surface area contributed by atoms with Gasteiger partial charge in [-0.15, -0.1) is 0 Å². The van der Waals surface area contributed by atoms with E-state index < -0.39 is 0 Å². The van der Waals surface area contributed by atoms with Crippen molar-refractivity contribution in [3.05, 3.63) is 0 Å². The second-order valence-electron chi connectivity index (χ2n) is 8.46. The van der Waals surface area contributed by atoms with Crippen LogP contribution >= 0.6 is 0 Å². The van der Waals surface area contributed by atoms with Crippen molar-refractivity contribution >= 4 is 11.6 Å². The van der Waals surface area contributed by atoms with Crippen LogP contribution in [0.15, 0.2) is 5.10 Å². The van der Waals surface area contributed by atoms with Gasteiger partial charge in [-0.3, -0.25) is 4.79 Å². The van der Waals surface area contributed by atoms with Crippen molar-refractivity contribution in [2.24, 2.45) is 28.3 Å². The van der Waals surface area contributed by atoms with Crippen molar-refractivity contribution in [3.63, 3.8) is 0 Å². The van der Waals surface area contributed by atoms with Gasteiger partial charge in [0.25, 0.3) is 0 Å². The molecule has 0 aromatic rings. The molecule has 3 nitrogen and oxygen atoms in total. The van der Waals surface area contributed by atoms with Crippen LogP contribution in [0.3, 0.4) is 0 Å². The fourth-order valence-electron chi connectivity index (χ4n) is 5.93. The zero-order valence-electron chi connectivity index (χ0n) is 15.1. The molecule has 3 heteroatoms. The molecule has 0 radical (unpaired) electrons. The number of hydrogen-bond donors (Lipinski definition) is 1. The number of nitrogens with one attached hydrogen (secondary N) is 1. The molecule has 130 valence electrons. The zero-order chi connectivity index (χ0) is 16.3. The third kappa shape index (κ3) is 3.80. The van der Waals surface area contributed by atoms with Gasteiger partial charge in [0, 0.05) is 17.5 Å². The number of hydrogen-bond acceptors (Lipinski definition) is 2. The third-order valence-corrected chi connectivity index (χ3v) is 6.56. The normalized spacial score (nSPS) is 35.6. The maximum atomic E-state index is 12.0. The summed E-state index contributed by atoms with van der Waals surface area (Å²) in [4.78, 5) is 12.0. The Bertz CT molecular complexity index is 419. The Morgan fingerprint density at radius 2 is 1.61 bits per heavy atom. The summed E-state index contributed by atoms with van der Waals surface area (Å²) in [7, 11) is 0. The van der Waals surface area contributed by atoms with Crippen LogP contribution in [0.25, 0.3) is 0 Å². The average Bonchev–Trinajstić information content (AvgIpc) is 2.50. The van der Waals surface area contributed by atoms with E-state index in [1.54, 1.807) is 0 Å². The quantitative estimate of drug-likeness (QED) is 0.379. The van der Waals surface area contributed by atoms with Crippen molar-refractivity contribution in [1.29, 1.82) is 0 Å². The minimum absolute atomic E-state index is 0.108. The van der Waals surface area contributed by atoms with E-state index in [4.69, 9.17) is 0 Å². The second-order valence-corrected chi connectivity index (χ2v) is 8.46. The number of unbranched alkanes of at least 4 members (excludes halogenated alkanes) is 3. The van der Waals surface area contributed by atoms with Crippen LogP contribution in [0, 0.1) is 23.2 Å². The molecule has 0 saturated heterocycles. The van der Waals surface area contributed by atoms with Gasteiger partial charge in [-0.2, -0.15) is 5.10 Å². The average molecular weight is 319 g/mol. The maximum absolute atomic E-state index is 12.0. The van der Waals surface area contributed by atoms with Gasteiger partial charge in [0.1, 0.15) is 0 Å². The third-order valence-electron chi connectivity index (χ3n) is 6.56. The predicted molar refractivity (Wildman–Crippen MR) is 95.2 cm³/mol. The fourth-order valence-corrected chi connectivity index (χ4v) is 5.93. The van der Waals surface area contributed by atoms with Crippen LogP contribution in [-0.2, 0) is 4.79 Å². The summed E-state index contributed by atoms with van der Waals surface area (Å²) in [6, 6.07) is 0. The van der Waals surface area contributed by atoms with Gasteiger partial charge < -0.3 is 0 Å². The Kier molecular flexibility index (Phi) is 5.43. The molecule has 0 spiro atoms. The number of hydrazone groups is 1. The smallest absolute Gasteiger partial charge is 0.240 e. The summed E-state index contributed by atoms with van der Waals surface area (Å²) in [6.45, 7) is 4.41. The van der Waals surface area contributed by atoms with Crippen molar-refractivity contribution in [1.82, 2.24) is 5.43 Å². The lowest BCUT2D eigenvalue weighted by molar-refractivity contribution is -0.121. The van der Waals surface area contributed by atoms with E-state index in [-0.39, 0.29) is 5.91 Å². The lowest BCUT2D eigenvalue weighted by Crippen LogP contribution is -2.50. The molecule has 4 rings (SSSR count). The van der Waals surface area contributed by atoms with Gasteiger partial charge >= 0.3 is 0 Å². The van der Waals surface area contributed by atoms with E-state index in [1.165, 1.54) is 57.1 Å². The number of rotatable bonds is 8. The molecule has 4 saturated carbocycles. The summed E-state index contributed by atoms with van der Waals surface area (Å²) < 4.78 is 0. The Hall–Kier alpha value is -0.860. The van der Waals surface area contributed by atoms with E-state index in [0.29, 0.717) is 11.8 Å². The highest BCUT2D eigenvalue weighted by Gasteiger charge is 2.52. The molecule has 4 fully saturated rings. The first-order valence-corrected chi connectivity index (χ1v) is 10.0. The van der Waals surface area contributed by atoms with Gasteiger partial charge in [0.05, 0.1) is 0 Å². The Labute approximate surface area is 141 Å². The number of nitrogens with zero attached hydrogens (tertiary/aromatic N) is 1. The first-order valence-electron chi connectivity index (χ1n) is 10.0. The SMILES string of the molecule is CCCCCCC(=O)NN=C(CC)C12CC3CC(CC(C3)C1)C2. The van der Waals surface area contributed by atoms with Crippen LogP contribution in [-0.4, -0.2) is 11.6 Å². The minimum Gasteiger partial charge on any atom is -0.273 e. The van der Waals surface area contributed by atoms with Crippen molar-refractivity contribution in [2.75, 3.05) is 0 Å². The first-order chi connectivity index (χ1) is 11.1. The molecule has 4 aliphatic carbocycles.